The van der Waals surface area contributed by atoms with Crippen LogP contribution in [0.5, 0.6) is 0 Å². The van der Waals surface area contributed by atoms with Crippen LogP contribution in [0.3, 0.4) is 0 Å². The van der Waals surface area contributed by atoms with Crippen LogP contribution in [0.2, 0.25) is 0 Å². The maximum atomic E-state index is 13.3. The molecule has 0 saturated carbocycles. The summed E-state index contributed by atoms with van der Waals surface area (Å²) >= 11 is 0. The van der Waals surface area contributed by atoms with Gasteiger partial charge in [0.2, 0.25) is 0 Å². The summed E-state index contributed by atoms with van der Waals surface area (Å²) in [6.45, 7) is 4.63. The van der Waals surface area contributed by atoms with Gasteiger partial charge in [-0.25, -0.2) is 12.8 Å². The Labute approximate surface area is 118 Å². The molecule has 0 aliphatic carbocycles. The second kappa shape index (κ2) is 6.01. The topological polar surface area (TPSA) is 82.3 Å². The summed E-state index contributed by atoms with van der Waals surface area (Å²) < 4.78 is 36.3. The van der Waals surface area contributed by atoms with Crippen LogP contribution in [0.15, 0.2) is 29.4 Å². The third kappa shape index (κ3) is 4.03. The minimum Gasteiger partial charge on any atom is -0.275 e. The van der Waals surface area contributed by atoms with Crippen LogP contribution < -0.4 is 5.43 Å². The van der Waals surface area contributed by atoms with Gasteiger partial charge in [0.25, 0.3) is 0 Å². The third-order valence-electron chi connectivity index (χ3n) is 2.57. The molecule has 0 unspecified atom stereocenters. The number of halogens is 1. The first-order chi connectivity index (χ1) is 9.17. The number of hydrogen-bond acceptors (Lipinski definition) is 5. The molecule has 0 spiro atoms. The molecule has 0 atom stereocenters. The zero-order chi connectivity index (χ0) is 15.4. The van der Waals surface area contributed by atoms with Crippen molar-refractivity contribution in [1.29, 1.82) is 5.26 Å². The number of hydrazone groups is 1. The maximum Gasteiger partial charge on any atom is 0.161 e. The van der Waals surface area contributed by atoms with Gasteiger partial charge < -0.3 is 0 Å². The van der Waals surface area contributed by atoms with Gasteiger partial charge in [-0.3, -0.25) is 5.43 Å². The Morgan fingerprint density at radius 3 is 2.50 bits per heavy atom. The largest absolute Gasteiger partial charge is 0.275 e. The fourth-order valence-corrected chi connectivity index (χ4v) is 2.09. The van der Waals surface area contributed by atoms with Crippen molar-refractivity contribution in [2.75, 3.05) is 11.2 Å². The Morgan fingerprint density at radius 2 is 2.00 bits per heavy atom. The first-order valence-corrected chi connectivity index (χ1v) is 7.52. The average molecular weight is 297 g/mol. The highest BCUT2D eigenvalue weighted by Crippen LogP contribution is 2.16. The van der Waals surface area contributed by atoms with Crippen molar-refractivity contribution in [2.45, 2.75) is 25.5 Å². The summed E-state index contributed by atoms with van der Waals surface area (Å²) in [5.41, 5.74) is 2.22. The third-order valence-corrected chi connectivity index (χ3v) is 5.09. The Bertz CT molecular complexity index is 655. The van der Waals surface area contributed by atoms with E-state index in [1.807, 2.05) is 0 Å². The van der Waals surface area contributed by atoms with Gasteiger partial charge in [-0.05, 0) is 32.9 Å². The molecular formula is C13H16FN3O2S. The van der Waals surface area contributed by atoms with Gasteiger partial charge in [0.15, 0.2) is 15.5 Å². The van der Waals surface area contributed by atoms with E-state index in [9.17, 15) is 12.8 Å². The molecule has 0 aliphatic rings. The molecule has 1 rings (SSSR count). The van der Waals surface area contributed by atoms with E-state index in [1.54, 1.807) is 32.9 Å². The van der Waals surface area contributed by atoms with Crippen molar-refractivity contribution in [3.05, 3.63) is 30.1 Å². The van der Waals surface area contributed by atoms with Gasteiger partial charge in [-0.15, -0.1) is 0 Å². The van der Waals surface area contributed by atoms with Crippen LogP contribution in [-0.2, 0) is 9.84 Å². The predicted molar refractivity (Wildman–Crippen MR) is 76.6 cm³/mol. The lowest BCUT2D eigenvalue weighted by atomic mass is 10.3. The van der Waals surface area contributed by atoms with Crippen molar-refractivity contribution in [1.82, 2.24) is 0 Å². The molecular weight excluding hydrogens is 281 g/mol. The predicted octanol–water partition coefficient (Wildman–Crippen LogP) is 2.33. The van der Waals surface area contributed by atoms with E-state index >= 15 is 0 Å². The fourth-order valence-electron chi connectivity index (χ4n) is 1.17. The minimum atomic E-state index is -3.51. The fraction of sp³-hybridized carbons (Fsp3) is 0.385. The van der Waals surface area contributed by atoms with E-state index in [-0.39, 0.29) is 11.4 Å². The van der Waals surface area contributed by atoms with Crippen LogP contribution in [0, 0.1) is 17.1 Å². The van der Waals surface area contributed by atoms with Crippen LogP contribution in [0.4, 0.5) is 10.1 Å². The quantitative estimate of drug-likeness (QED) is 0.683. The molecule has 20 heavy (non-hydrogen) atoms. The normalized spacial score (nSPS) is 12.8. The Hall–Kier alpha value is -1.94. The van der Waals surface area contributed by atoms with Crippen molar-refractivity contribution in [3.63, 3.8) is 0 Å². The highest BCUT2D eigenvalue weighted by molar-refractivity contribution is 7.93. The number of hydrogen-bond donors (Lipinski definition) is 1. The van der Waals surface area contributed by atoms with Gasteiger partial charge in [0.05, 0.1) is 10.4 Å². The molecule has 0 fully saturated rings. The molecule has 1 N–H and O–H groups in total. The molecule has 7 heteroatoms. The van der Waals surface area contributed by atoms with Gasteiger partial charge in [-0.2, -0.15) is 10.4 Å². The van der Waals surface area contributed by atoms with Gasteiger partial charge in [0.1, 0.15) is 17.6 Å². The number of benzene rings is 1. The molecule has 0 bridgehead atoms. The number of nitrogens with one attached hydrogen (secondary N) is 1. The minimum absolute atomic E-state index is 0.0772. The van der Waals surface area contributed by atoms with Crippen molar-refractivity contribution in [3.8, 4) is 6.07 Å². The summed E-state index contributed by atoms with van der Waals surface area (Å²) in [4.78, 5) is 0. The molecule has 108 valence electrons. The molecule has 0 heterocycles. The zero-order valence-corrected chi connectivity index (χ0v) is 12.3. The number of nitriles is 1. The zero-order valence-electron chi connectivity index (χ0n) is 11.5. The number of sulfone groups is 1. The summed E-state index contributed by atoms with van der Waals surface area (Å²) in [6, 6.07) is 7.48. The highest BCUT2D eigenvalue weighted by Gasteiger charge is 2.30. The summed E-state index contributed by atoms with van der Waals surface area (Å²) in [7, 11) is -3.51. The molecule has 1 aromatic carbocycles. The number of nitrogens with zero attached hydrogens (tertiary/aromatic N) is 2. The van der Waals surface area contributed by atoms with E-state index < -0.39 is 26.2 Å². The standard InChI is InChI=1S/C13H16FN3O2S/c1-13(2,3)20(18,19)9-10(8-15)16-17-12-7-5-4-6-11(12)14/h4-7,17H,9H2,1-3H3/b16-10+. The molecule has 0 radical (unpaired) electrons. The first kappa shape index (κ1) is 16.1. The molecule has 0 saturated heterocycles. The van der Waals surface area contributed by atoms with Crippen molar-refractivity contribution < 1.29 is 12.8 Å². The van der Waals surface area contributed by atoms with Gasteiger partial charge >= 0.3 is 0 Å². The second-order valence-electron chi connectivity index (χ2n) is 5.13. The first-order valence-electron chi connectivity index (χ1n) is 5.87. The van der Waals surface area contributed by atoms with Gasteiger partial charge in [-0.1, -0.05) is 12.1 Å². The molecule has 0 amide bonds. The second-order valence-corrected chi connectivity index (χ2v) is 7.88. The number of para-hydroxylation sites is 1. The number of rotatable bonds is 4. The molecule has 5 nitrogen and oxygen atoms in total. The molecule has 0 aromatic heterocycles. The van der Waals surface area contributed by atoms with Gasteiger partial charge in [0, 0.05) is 0 Å². The van der Waals surface area contributed by atoms with E-state index in [1.165, 1.54) is 18.2 Å². The molecule has 0 aliphatic heterocycles. The average Bonchev–Trinajstić information content (AvgIpc) is 2.34. The lowest BCUT2D eigenvalue weighted by molar-refractivity contribution is 0.564. The molecule has 1 aromatic rings. The Kier molecular flexibility index (Phi) is 4.84. The smallest absolute Gasteiger partial charge is 0.161 e. The SMILES string of the molecule is CC(C)(C)S(=O)(=O)C/C(C#N)=N/Nc1ccccc1F. The van der Waals surface area contributed by atoms with Crippen LogP contribution >= 0.6 is 0 Å². The lowest BCUT2D eigenvalue weighted by Gasteiger charge is -2.18. The highest BCUT2D eigenvalue weighted by atomic mass is 32.2. The Morgan fingerprint density at radius 1 is 1.40 bits per heavy atom. The van der Waals surface area contributed by atoms with Crippen molar-refractivity contribution >= 4 is 21.2 Å². The monoisotopic (exact) mass is 297 g/mol. The summed E-state index contributed by atoms with van der Waals surface area (Å²) in [5, 5.41) is 12.6. The summed E-state index contributed by atoms with van der Waals surface area (Å²) in [5.74, 6) is -1.03. The number of anilines is 1. The maximum absolute atomic E-state index is 13.3. The van der Waals surface area contributed by atoms with E-state index in [0.29, 0.717) is 0 Å². The van der Waals surface area contributed by atoms with Crippen LogP contribution in [-0.4, -0.2) is 24.6 Å². The van der Waals surface area contributed by atoms with E-state index in [0.717, 1.165) is 0 Å². The lowest BCUT2D eigenvalue weighted by Crippen LogP contribution is -2.33. The van der Waals surface area contributed by atoms with Crippen LogP contribution in [0.1, 0.15) is 20.8 Å². The van der Waals surface area contributed by atoms with Crippen molar-refractivity contribution in [2.24, 2.45) is 5.10 Å². The Balaban J connectivity index is 2.91. The van der Waals surface area contributed by atoms with E-state index in [4.69, 9.17) is 5.26 Å². The van der Waals surface area contributed by atoms with Crippen LogP contribution in [0.25, 0.3) is 0 Å². The summed E-state index contributed by atoms with van der Waals surface area (Å²) in [6.07, 6.45) is 0. The van der Waals surface area contributed by atoms with E-state index in [2.05, 4.69) is 10.5 Å².